The highest BCUT2D eigenvalue weighted by Gasteiger charge is 2.12. The van der Waals surface area contributed by atoms with Crippen LogP contribution >= 0.6 is 15.9 Å². The van der Waals surface area contributed by atoms with Crippen LogP contribution in [0.2, 0.25) is 0 Å². The van der Waals surface area contributed by atoms with Gasteiger partial charge < -0.3 is 9.64 Å². The number of benzene rings is 2. The second-order valence-corrected chi connectivity index (χ2v) is 6.65. The van der Waals surface area contributed by atoms with Crippen molar-refractivity contribution >= 4 is 26.7 Å². The summed E-state index contributed by atoms with van der Waals surface area (Å²) < 4.78 is 7.10. The fourth-order valence-electron chi connectivity index (χ4n) is 3.11. The first-order valence-corrected chi connectivity index (χ1v) is 8.77. The maximum atomic E-state index is 6.02. The fraction of sp³-hybridized carbons (Fsp3) is 0.444. The Morgan fingerprint density at radius 2 is 1.71 bits per heavy atom. The van der Waals surface area contributed by atoms with E-state index in [9.17, 15) is 0 Å². The van der Waals surface area contributed by atoms with Crippen molar-refractivity contribution in [2.24, 2.45) is 0 Å². The largest absolute Gasteiger partial charge is 0.487 e. The van der Waals surface area contributed by atoms with E-state index in [0.29, 0.717) is 0 Å². The molecule has 0 radical (unpaired) electrons. The van der Waals surface area contributed by atoms with Crippen LogP contribution in [-0.4, -0.2) is 26.2 Å². The molecule has 2 nitrogen and oxygen atoms in total. The average Bonchev–Trinajstić information content (AvgIpc) is 2.79. The number of rotatable bonds is 4. The van der Waals surface area contributed by atoms with Gasteiger partial charge in [-0.15, -0.1) is 0 Å². The maximum Gasteiger partial charge on any atom is 0.137 e. The molecule has 1 fully saturated rings. The van der Waals surface area contributed by atoms with E-state index < -0.39 is 0 Å². The molecule has 0 bridgehead atoms. The van der Waals surface area contributed by atoms with Crippen molar-refractivity contribution in [3.63, 3.8) is 0 Å². The molecule has 0 saturated carbocycles. The molecular weight excluding hydrogens is 326 g/mol. The molecule has 1 heterocycles. The highest BCUT2D eigenvalue weighted by atomic mass is 79.9. The molecule has 0 atom stereocenters. The fourth-order valence-corrected chi connectivity index (χ4v) is 3.72. The van der Waals surface area contributed by atoms with E-state index in [1.54, 1.807) is 4.90 Å². The first kappa shape index (κ1) is 14.9. The third-order valence-electron chi connectivity index (χ3n) is 4.35. The van der Waals surface area contributed by atoms with Gasteiger partial charge in [0.25, 0.3) is 0 Å². The third-order valence-corrected chi connectivity index (χ3v) is 5.17. The number of quaternary nitrogens is 1. The van der Waals surface area contributed by atoms with Gasteiger partial charge in [-0.2, -0.15) is 0 Å². The zero-order valence-electron chi connectivity index (χ0n) is 12.4. The Bertz CT molecular complexity index is 591. The number of fused-ring (bicyclic) bond motifs is 1. The van der Waals surface area contributed by atoms with Crippen LogP contribution in [-0.2, 0) is 0 Å². The standard InChI is InChI=1S/C18H22BrNO/c19-18-16-8-4-3-7-15(16)9-10-17(18)21-14-13-20-11-5-1-2-6-12-20/h3-4,7-10H,1-2,5-6,11-14H2/p+1. The Labute approximate surface area is 135 Å². The van der Waals surface area contributed by atoms with Crippen molar-refractivity contribution in [1.82, 2.24) is 0 Å². The van der Waals surface area contributed by atoms with Crippen molar-refractivity contribution in [1.29, 1.82) is 0 Å². The molecule has 0 aromatic heterocycles. The lowest BCUT2D eigenvalue weighted by atomic mass is 10.1. The quantitative estimate of drug-likeness (QED) is 0.893. The van der Waals surface area contributed by atoms with E-state index in [-0.39, 0.29) is 0 Å². The monoisotopic (exact) mass is 348 g/mol. The summed E-state index contributed by atoms with van der Waals surface area (Å²) in [6, 6.07) is 12.6. The molecule has 0 aliphatic carbocycles. The van der Waals surface area contributed by atoms with E-state index in [1.807, 2.05) is 0 Å². The van der Waals surface area contributed by atoms with Crippen LogP contribution in [0.4, 0.5) is 0 Å². The summed E-state index contributed by atoms with van der Waals surface area (Å²) in [7, 11) is 0. The molecule has 2 aromatic rings. The molecule has 1 saturated heterocycles. The van der Waals surface area contributed by atoms with E-state index in [1.165, 1.54) is 49.5 Å². The first-order chi connectivity index (χ1) is 10.3. The summed E-state index contributed by atoms with van der Waals surface area (Å²) in [4.78, 5) is 1.70. The topological polar surface area (TPSA) is 13.7 Å². The zero-order valence-corrected chi connectivity index (χ0v) is 14.0. The van der Waals surface area contributed by atoms with Crippen molar-refractivity contribution in [3.8, 4) is 5.75 Å². The maximum absolute atomic E-state index is 6.02. The van der Waals surface area contributed by atoms with Crippen LogP contribution in [0.5, 0.6) is 5.75 Å². The predicted molar refractivity (Wildman–Crippen MR) is 91.2 cm³/mol. The number of ether oxygens (including phenoxy) is 1. The normalized spacial score (nSPS) is 16.8. The molecule has 2 aromatic carbocycles. The molecule has 1 aliphatic rings. The average molecular weight is 349 g/mol. The lowest BCUT2D eigenvalue weighted by Gasteiger charge is -2.17. The molecular formula is C18H23BrNO+. The van der Waals surface area contributed by atoms with Crippen LogP contribution in [0, 0.1) is 0 Å². The van der Waals surface area contributed by atoms with E-state index in [0.717, 1.165) is 23.4 Å². The second kappa shape index (κ2) is 7.28. The minimum Gasteiger partial charge on any atom is -0.487 e. The molecule has 1 N–H and O–H groups in total. The first-order valence-electron chi connectivity index (χ1n) is 7.98. The Kier molecular flexibility index (Phi) is 5.15. The molecule has 21 heavy (non-hydrogen) atoms. The molecule has 112 valence electrons. The van der Waals surface area contributed by atoms with Gasteiger partial charge in [0.15, 0.2) is 0 Å². The Morgan fingerprint density at radius 1 is 0.952 bits per heavy atom. The SMILES string of the molecule is Brc1c(OCC[NH+]2CCCCCC2)ccc2ccccc12. The van der Waals surface area contributed by atoms with Crippen LogP contribution in [0.3, 0.4) is 0 Å². The van der Waals surface area contributed by atoms with Crippen molar-refractivity contribution in [2.45, 2.75) is 25.7 Å². The predicted octanol–water partition coefficient (Wildman–Crippen LogP) is 3.44. The van der Waals surface area contributed by atoms with Gasteiger partial charge in [-0.25, -0.2) is 0 Å². The van der Waals surface area contributed by atoms with Crippen LogP contribution in [0.25, 0.3) is 10.8 Å². The molecule has 3 rings (SSSR count). The summed E-state index contributed by atoms with van der Waals surface area (Å²) in [6.45, 7) is 4.52. The van der Waals surface area contributed by atoms with Crippen LogP contribution in [0.15, 0.2) is 40.9 Å². The minimum atomic E-state index is 0.798. The van der Waals surface area contributed by atoms with Crippen molar-refractivity contribution in [3.05, 3.63) is 40.9 Å². The summed E-state index contributed by atoms with van der Waals surface area (Å²) in [6.07, 6.45) is 5.55. The van der Waals surface area contributed by atoms with Gasteiger partial charge in [-0.1, -0.05) is 30.3 Å². The van der Waals surface area contributed by atoms with Gasteiger partial charge in [0.2, 0.25) is 0 Å². The van der Waals surface area contributed by atoms with E-state index in [2.05, 4.69) is 52.3 Å². The van der Waals surface area contributed by atoms with Crippen molar-refractivity contribution in [2.75, 3.05) is 26.2 Å². The Hall–Kier alpha value is -1.06. The summed E-state index contributed by atoms with van der Waals surface area (Å²) >= 11 is 3.69. The summed E-state index contributed by atoms with van der Waals surface area (Å²) in [5.41, 5.74) is 0. The molecule has 0 spiro atoms. The van der Waals surface area contributed by atoms with Gasteiger partial charge in [0, 0.05) is 0 Å². The number of nitrogens with one attached hydrogen (secondary N) is 1. The molecule has 3 heteroatoms. The minimum absolute atomic E-state index is 0.798. The van der Waals surface area contributed by atoms with Gasteiger partial charge in [-0.05, 0) is 58.5 Å². The number of likely N-dealkylation sites (tertiary alicyclic amines) is 1. The van der Waals surface area contributed by atoms with Gasteiger partial charge in [-0.3, -0.25) is 0 Å². The molecule has 1 aliphatic heterocycles. The zero-order chi connectivity index (χ0) is 14.5. The van der Waals surface area contributed by atoms with E-state index in [4.69, 9.17) is 4.74 Å². The Balaban J connectivity index is 1.61. The molecule has 0 unspecified atom stereocenters. The summed E-state index contributed by atoms with van der Waals surface area (Å²) in [5.74, 6) is 0.961. The van der Waals surface area contributed by atoms with Crippen molar-refractivity contribution < 1.29 is 9.64 Å². The van der Waals surface area contributed by atoms with Crippen LogP contribution in [0.1, 0.15) is 25.7 Å². The number of hydrogen-bond acceptors (Lipinski definition) is 1. The number of hydrogen-bond donors (Lipinski definition) is 1. The summed E-state index contributed by atoms with van der Waals surface area (Å²) in [5, 5.41) is 2.46. The highest BCUT2D eigenvalue weighted by Crippen LogP contribution is 2.32. The highest BCUT2D eigenvalue weighted by molar-refractivity contribution is 9.10. The Morgan fingerprint density at radius 3 is 2.52 bits per heavy atom. The lowest BCUT2D eigenvalue weighted by molar-refractivity contribution is -0.899. The number of halogens is 1. The second-order valence-electron chi connectivity index (χ2n) is 5.86. The van der Waals surface area contributed by atoms with Gasteiger partial charge in [0.05, 0.1) is 17.6 Å². The van der Waals surface area contributed by atoms with Gasteiger partial charge in [0.1, 0.15) is 18.9 Å². The van der Waals surface area contributed by atoms with E-state index >= 15 is 0 Å². The lowest BCUT2D eigenvalue weighted by Crippen LogP contribution is -3.12. The van der Waals surface area contributed by atoms with Gasteiger partial charge >= 0.3 is 0 Å². The van der Waals surface area contributed by atoms with Crippen LogP contribution < -0.4 is 9.64 Å². The molecule has 0 amide bonds. The smallest absolute Gasteiger partial charge is 0.137 e. The third kappa shape index (κ3) is 3.78.